The van der Waals surface area contributed by atoms with Gasteiger partial charge in [0.05, 0.1) is 6.10 Å². The predicted molar refractivity (Wildman–Crippen MR) is 66.5 cm³/mol. The molecule has 2 heteroatoms. The number of ether oxygens (including phenoxy) is 1. The summed E-state index contributed by atoms with van der Waals surface area (Å²) in [7, 11) is 1.81. The van der Waals surface area contributed by atoms with Crippen LogP contribution < -0.4 is 0 Å². The van der Waals surface area contributed by atoms with Gasteiger partial charge < -0.3 is 4.74 Å². The van der Waals surface area contributed by atoms with Crippen molar-refractivity contribution >= 4 is 0 Å². The summed E-state index contributed by atoms with van der Waals surface area (Å²) in [5.41, 5.74) is 1.28. The second-order valence-electron chi connectivity index (χ2n) is 4.55. The molecule has 0 bridgehead atoms. The first-order valence-corrected chi connectivity index (χ1v) is 6.14. The lowest BCUT2D eigenvalue weighted by atomic mass is 10.0. The predicted octanol–water partition coefficient (Wildman–Crippen LogP) is 2.86. The maximum atomic E-state index is 5.67. The van der Waals surface area contributed by atoms with E-state index in [1.165, 1.54) is 31.5 Å². The van der Waals surface area contributed by atoms with E-state index in [4.69, 9.17) is 4.74 Å². The Morgan fingerprint density at radius 2 is 1.75 bits per heavy atom. The first-order valence-electron chi connectivity index (χ1n) is 6.14. The highest BCUT2D eigenvalue weighted by Crippen LogP contribution is 2.26. The van der Waals surface area contributed by atoms with Gasteiger partial charge in [-0.15, -0.1) is 0 Å². The third kappa shape index (κ3) is 2.45. The molecule has 0 amide bonds. The minimum absolute atomic E-state index is 0.194. The molecule has 0 spiro atoms. The Morgan fingerprint density at radius 1 is 1.12 bits per heavy atom. The highest BCUT2D eigenvalue weighted by atomic mass is 16.5. The average molecular weight is 219 g/mol. The van der Waals surface area contributed by atoms with Gasteiger partial charge in [0.1, 0.15) is 0 Å². The SMILES string of the molecule is CO[C@H](c1ccccc1)[C@H](C)N1CCCC1. The smallest absolute Gasteiger partial charge is 0.0973 e. The van der Waals surface area contributed by atoms with E-state index in [2.05, 4.69) is 42.2 Å². The topological polar surface area (TPSA) is 12.5 Å². The summed E-state index contributed by atoms with van der Waals surface area (Å²) in [5, 5.41) is 0. The molecule has 0 N–H and O–H groups in total. The third-order valence-corrected chi connectivity index (χ3v) is 3.54. The van der Waals surface area contributed by atoms with Crippen LogP contribution >= 0.6 is 0 Å². The normalized spacial score (nSPS) is 20.9. The van der Waals surface area contributed by atoms with E-state index in [9.17, 15) is 0 Å². The number of likely N-dealkylation sites (tertiary alicyclic amines) is 1. The van der Waals surface area contributed by atoms with Crippen molar-refractivity contribution in [3.63, 3.8) is 0 Å². The standard InChI is InChI=1S/C14H21NO/c1-12(15-10-6-7-11-15)14(16-2)13-8-4-3-5-9-13/h3-5,8-9,12,14H,6-7,10-11H2,1-2H3/t12-,14-/m0/s1. The molecule has 2 rings (SSSR count). The molecule has 1 aliphatic heterocycles. The van der Waals surface area contributed by atoms with Gasteiger partial charge in [-0.25, -0.2) is 0 Å². The summed E-state index contributed by atoms with van der Waals surface area (Å²) in [5.74, 6) is 0. The first kappa shape index (κ1) is 11.6. The Hall–Kier alpha value is -0.860. The van der Waals surface area contributed by atoms with Crippen molar-refractivity contribution in [3.8, 4) is 0 Å². The number of nitrogens with zero attached hydrogens (tertiary/aromatic N) is 1. The minimum Gasteiger partial charge on any atom is -0.375 e. The molecule has 1 aromatic rings. The Labute approximate surface area is 98.2 Å². The van der Waals surface area contributed by atoms with Crippen LogP contribution in [0.25, 0.3) is 0 Å². The van der Waals surface area contributed by atoms with E-state index in [0.717, 1.165) is 0 Å². The van der Waals surface area contributed by atoms with Crippen molar-refractivity contribution in [1.82, 2.24) is 4.90 Å². The number of benzene rings is 1. The maximum absolute atomic E-state index is 5.67. The van der Waals surface area contributed by atoms with Crippen molar-refractivity contribution in [3.05, 3.63) is 35.9 Å². The van der Waals surface area contributed by atoms with Crippen LogP contribution in [0.2, 0.25) is 0 Å². The second kappa shape index (κ2) is 5.46. The van der Waals surface area contributed by atoms with Crippen LogP contribution in [0.4, 0.5) is 0 Å². The quantitative estimate of drug-likeness (QED) is 0.772. The third-order valence-electron chi connectivity index (χ3n) is 3.54. The monoisotopic (exact) mass is 219 g/mol. The molecule has 0 radical (unpaired) electrons. The zero-order valence-corrected chi connectivity index (χ0v) is 10.2. The van der Waals surface area contributed by atoms with Gasteiger partial charge in [-0.3, -0.25) is 4.90 Å². The van der Waals surface area contributed by atoms with Gasteiger partial charge in [0.2, 0.25) is 0 Å². The van der Waals surface area contributed by atoms with Crippen molar-refractivity contribution in [2.45, 2.75) is 31.9 Å². The molecule has 1 heterocycles. The van der Waals surface area contributed by atoms with Crippen LogP contribution in [0.3, 0.4) is 0 Å². The average Bonchev–Trinajstić information content (AvgIpc) is 2.85. The lowest BCUT2D eigenvalue weighted by molar-refractivity contribution is 0.0292. The van der Waals surface area contributed by atoms with E-state index in [1.54, 1.807) is 0 Å². The molecule has 88 valence electrons. The minimum atomic E-state index is 0.194. The molecule has 1 fully saturated rings. The van der Waals surface area contributed by atoms with Crippen molar-refractivity contribution in [2.24, 2.45) is 0 Å². The van der Waals surface area contributed by atoms with Gasteiger partial charge in [-0.2, -0.15) is 0 Å². The van der Waals surface area contributed by atoms with Crippen molar-refractivity contribution in [2.75, 3.05) is 20.2 Å². The Balaban J connectivity index is 2.09. The van der Waals surface area contributed by atoms with Crippen LogP contribution in [0.15, 0.2) is 30.3 Å². The van der Waals surface area contributed by atoms with E-state index >= 15 is 0 Å². The summed E-state index contributed by atoms with van der Waals surface area (Å²) in [6, 6.07) is 11.0. The molecular formula is C14H21NO. The molecule has 0 saturated carbocycles. The number of methoxy groups -OCH3 is 1. The van der Waals surface area contributed by atoms with Crippen LogP contribution in [0.1, 0.15) is 31.4 Å². The molecule has 1 saturated heterocycles. The molecule has 0 unspecified atom stereocenters. The first-order chi connectivity index (χ1) is 7.83. The number of hydrogen-bond donors (Lipinski definition) is 0. The molecular weight excluding hydrogens is 198 g/mol. The van der Waals surface area contributed by atoms with Crippen LogP contribution in [-0.2, 0) is 4.74 Å². The molecule has 2 atom stereocenters. The molecule has 0 aliphatic carbocycles. The van der Waals surface area contributed by atoms with Crippen LogP contribution in [0, 0.1) is 0 Å². The summed E-state index contributed by atoms with van der Waals surface area (Å²) in [6.07, 6.45) is 2.85. The second-order valence-corrected chi connectivity index (χ2v) is 4.55. The zero-order chi connectivity index (χ0) is 11.4. The molecule has 0 aromatic heterocycles. The maximum Gasteiger partial charge on any atom is 0.0973 e. The zero-order valence-electron chi connectivity index (χ0n) is 10.2. The lowest BCUT2D eigenvalue weighted by Gasteiger charge is -2.31. The van der Waals surface area contributed by atoms with Gasteiger partial charge in [-0.05, 0) is 38.4 Å². The largest absolute Gasteiger partial charge is 0.375 e. The Morgan fingerprint density at radius 3 is 2.31 bits per heavy atom. The van der Waals surface area contributed by atoms with Gasteiger partial charge >= 0.3 is 0 Å². The van der Waals surface area contributed by atoms with Crippen LogP contribution in [-0.4, -0.2) is 31.1 Å². The summed E-state index contributed by atoms with van der Waals surface area (Å²) >= 11 is 0. The molecule has 1 aromatic carbocycles. The number of rotatable bonds is 4. The fraction of sp³-hybridized carbons (Fsp3) is 0.571. The Kier molecular flexibility index (Phi) is 3.97. The molecule has 1 aliphatic rings. The highest BCUT2D eigenvalue weighted by Gasteiger charge is 2.26. The van der Waals surface area contributed by atoms with E-state index in [0.29, 0.717) is 6.04 Å². The van der Waals surface area contributed by atoms with Crippen LogP contribution in [0.5, 0.6) is 0 Å². The van der Waals surface area contributed by atoms with Crippen molar-refractivity contribution in [1.29, 1.82) is 0 Å². The van der Waals surface area contributed by atoms with Gasteiger partial charge in [0.15, 0.2) is 0 Å². The fourth-order valence-corrected chi connectivity index (χ4v) is 2.59. The fourth-order valence-electron chi connectivity index (χ4n) is 2.59. The summed E-state index contributed by atoms with van der Waals surface area (Å²) in [6.45, 7) is 4.70. The van der Waals surface area contributed by atoms with E-state index < -0.39 is 0 Å². The van der Waals surface area contributed by atoms with Gasteiger partial charge in [0, 0.05) is 13.2 Å². The highest BCUT2D eigenvalue weighted by molar-refractivity contribution is 5.19. The Bertz CT molecular complexity index is 306. The van der Waals surface area contributed by atoms with Crippen molar-refractivity contribution < 1.29 is 4.74 Å². The lowest BCUT2D eigenvalue weighted by Crippen LogP contribution is -2.36. The molecule has 16 heavy (non-hydrogen) atoms. The number of hydrogen-bond acceptors (Lipinski definition) is 2. The molecule has 2 nitrogen and oxygen atoms in total. The van der Waals surface area contributed by atoms with Gasteiger partial charge in [-0.1, -0.05) is 30.3 Å². The van der Waals surface area contributed by atoms with Gasteiger partial charge in [0.25, 0.3) is 0 Å². The summed E-state index contributed by atoms with van der Waals surface area (Å²) < 4.78 is 5.67. The van der Waals surface area contributed by atoms with E-state index in [1.807, 2.05) is 7.11 Å². The summed E-state index contributed by atoms with van der Waals surface area (Å²) in [4.78, 5) is 2.53. The van der Waals surface area contributed by atoms with E-state index in [-0.39, 0.29) is 6.10 Å².